The lowest BCUT2D eigenvalue weighted by Crippen LogP contribution is -3.00. The van der Waals surface area contributed by atoms with Gasteiger partial charge in [0.2, 0.25) is 0 Å². The second kappa shape index (κ2) is 13.2. The zero-order valence-electron chi connectivity index (χ0n) is 15.9. The molecular formula is C22H39ClN2. The number of aromatic nitrogens is 2. The molecule has 0 atom stereocenters. The zero-order chi connectivity index (χ0) is 16.5. The van der Waals surface area contributed by atoms with Gasteiger partial charge in [0.1, 0.15) is 0 Å². The summed E-state index contributed by atoms with van der Waals surface area (Å²) in [7, 11) is 2.17. The predicted octanol–water partition coefficient (Wildman–Crippen LogP) is 3.34. The van der Waals surface area contributed by atoms with E-state index in [1.807, 2.05) is 0 Å². The number of halogens is 1. The summed E-state index contributed by atoms with van der Waals surface area (Å²) >= 11 is 0. The van der Waals surface area contributed by atoms with E-state index in [1.165, 1.54) is 81.1 Å². The molecule has 2 rings (SSSR count). The molecule has 0 saturated carbocycles. The fraction of sp³-hybridized carbons (Fsp3) is 0.682. The van der Waals surface area contributed by atoms with Crippen LogP contribution in [-0.2, 0) is 13.6 Å². The molecule has 0 aliphatic heterocycles. The number of imidazole rings is 1. The van der Waals surface area contributed by atoms with Gasteiger partial charge >= 0.3 is 0 Å². The van der Waals surface area contributed by atoms with E-state index in [4.69, 9.17) is 0 Å². The number of fused-ring (bicyclic) bond motifs is 1. The normalized spacial score (nSPS) is 10.5. The van der Waals surface area contributed by atoms with Gasteiger partial charge < -0.3 is 12.4 Å². The van der Waals surface area contributed by atoms with Crippen molar-refractivity contribution in [3.63, 3.8) is 0 Å². The minimum absolute atomic E-state index is 0. The van der Waals surface area contributed by atoms with Gasteiger partial charge in [-0.3, -0.25) is 0 Å². The Morgan fingerprint density at radius 2 is 1.36 bits per heavy atom. The Balaban J connectivity index is 0.00000288. The Bertz CT molecular complexity index is 589. The summed E-state index contributed by atoms with van der Waals surface area (Å²) in [6.45, 7) is 5.68. The molecule has 3 heteroatoms. The predicted molar refractivity (Wildman–Crippen MR) is 106 cm³/mol. The van der Waals surface area contributed by atoms with Crippen LogP contribution in [0, 0.1) is 6.92 Å². The van der Waals surface area contributed by atoms with Crippen LogP contribution in [0.5, 0.6) is 0 Å². The molecule has 1 aromatic carbocycles. The lowest BCUT2D eigenvalue weighted by molar-refractivity contribution is -0.652. The number of unbranched alkanes of at least 4 members (excludes halogenated alkanes) is 9. The van der Waals surface area contributed by atoms with E-state index < -0.39 is 0 Å². The molecule has 0 amide bonds. The van der Waals surface area contributed by atoms with Crippen molar-refractivity contribution in [3.8, 4) is 0 Å². The second-order valence-corrected chi connectivity index (χ2v) is 6.93. The van der Waals surface area contributed by atoms with Crippen molar-refractivity contribution in [2.45, 2.75) is 92.0 Å². The third-order valence-electron chi connectivity index (χ3n) is 5.15. The fourth-order valence-corrected chi connectivity index (χ4v) is 3.55. The lowest BCUT2D eigenvalue weighted by Gasteiger charge is -2.03. The highest BCUT2D eigenvalue weighted by Crippen LogP contribution is 2.16. The first-order chi connectivity index (χ1) is 11.3. The van der Waals surface area contributed by atoms with Gasteiger partial charge in [0.25, 0.3) is 5.82 Å². The molecule has 144 valence electrons. The van der Waals surface area contributed by atoms with Gasteiger partial charge in [-0.25, -0.2) is 9.13 Å². The van der Waals surface area contributed by atoms with Gasteiger partial charge in [0.15, 0.2) is 11.0 Å². The molecule has 0 bridgehead atoms. The number of rotatable bonds is 11. The van der Waals surface area contributed by atoms with Crippen molar-refractivity contribution < 1.29 is 17.0 Å². The summed E-state index contributed by atoms with van der Waals surface area (Å²) < 4.78 is 4.80. The summed E-state index contributed by atoms with van der Waals surface area (Å²) in [5.74, 6) is 1.36. The van der Waals surface area contributed by atoms with Crippen LogP contribution in [0.1, 0.15) is 84.4 Å². The van der Waals surface area contributed by atoms with Gasteiger partial charge in [-0.1, -0.05) is 77.8 Å². The lowest BCUT2D eigenvalue weighted by atomic mass is 10.1. The van der Waals surface area contributed by atoms with E-state index in [1.54, 1.807) is 0 Å². The maximum absolute atomic E-state index is 2.49. The molecule has 0 spiro atoms. The number of benzene rings is 1. The number of hydrogen-bond acceptors (Lipinski definition) is 0. The average Bonchev–Trinajstić information content (AvgIpc) is 2.81. The molecular weight excluding hydrogens is 328 g/mol. The third-order valence-corrected chi connectivity index (χ3v) is 5.15. The van der Waals surface area contributed by atoms with E-state index in [9.17, 15) is 0 Å². The summed E-state index contributed by atoms with van der Waals surface area (Å²) in [4.78, 5) is 0. The van der Waals surface area contributed by atoms with Crippen LogP contribution in [0.4, 0.5) is 0 Å². The summed E-state index contributed by atoms with van der Waals surface area (Å²) in [6.07, 6.45) is 14.0. The van der Waals surface area contributed by atoms with Crippen LogP contribution < -0.4 is 17.0 Å². The SMILES string of the molecule is C.CCCCCCCCCCCCn1c(C)[n+](C)c2ccccc21.[Cl-]. The number of hydrogen-bond donors (Lipinski definition) is 0. The number of nitrogens with zero attached hydrogens (tertiary/aromatic N) is 2. The van der Waals surface area contributed by atoms with Gasteiger partial charge in [-0.05, 0) is 25.0 Å². The smallest absolute Gasteiger partial charge is 0.253 e. The van der Waals surface area contributed by atoms with Gasteiger partial charge in [-0.15, -0.1) is 0 Å². The summed E-state index contributed by atoms with van der Waals surface area (Å²) in [5.41, 5.74) is 2.72. The maximum atomic E-state index is 2.49. The highest BCUT2D eigenvalue weighted by atomic mass is 35.5. The molecule has 0 aliphatic carbocycles. The first-order valence-electron chi connectivity index (χ1n) is 9.69. The molecule has 0 aliphatic rings. The Morgan fingerprint density at radius 3 is 1.96 bits per heavy atom. The largest absolute Gasteiger partial charge is 1.00 e. The van der Waals surface area contributed by atoms with Crippen molar-refractivity contribution in [3.05, 3.63) is 30.1 Å². The molecule has 2 aromatic rings. The summed E-state index contributed by atoms with van der Waals surface area (Å²) in [6, 6.07) is 8.75. The average molecular weight is 367 g/mol. The van der Waals surface area contributed by atoms with Crippen LogP contribution in [0.25, 0.3) is 11.0 Å². The third kappa shape index (κ3) is 7.01. The first kappa shape index (κ1) is 24.0. The number of para-hydroxylation sites is 2. The monoisotopic (exact) mass is 366 g/mol. The number of aryl methyl sites for hydroxylation is 2. The minimum Gasteiger partial charge on any atom is -1.00 e. The minimum atomic E-state index is 0. The van der Waals surface area contributed by atoms with E-state index >= 15 is 0 Å². The molecule has 0 N–H and O–H groups in total. The molecule has 1 heterocycles. The standard InChI is InChI=1S/C21H35N2.CH4.ClH/c1-4-5-6-7-8-9-10-11-12-15-18-23-19(2)22(3)20-16-13-14-17-21(20)23;;/h13-14,16-17H,4-12,15,18H2,1-3H3;1H4;1H/q+1;;/p-1. The first-order valence-corrected chi connectivity index (χ1v) is 9.69. The van der Waals surface area contributed by atoms with E-state index in [0.29, 0.717) is 0 Å². The van der Waals surface area contributed by atoms with E-state index in [-0.39, 0.29) is 19.8 Å². The van der Waals surface area contributed by atoms with Gasteiger partial charge in [0, 0.05) is 6.92 Å². The van der Waals surface area contributed by atoms with E-state index in [0.717, 1.165) is 6.54 Å². The quantitative estimate of drug-likeness (QED) is 0.426. The van der Waals surface area contributed by atoms with Crippen LogP contribution in [0.2, 0.25) is 0 Å². The summed E-state index contributed by atoms with van der Waals surface area (Å²) in [5, 5.41) is 0. The molecule has 2 nitrogen and oxygen atoms in total. The van der Waals surface area contributed by atoms with Crippen molar-refractivity contribution >= 4 is 11.0 Å². The Kier molecular flexibility index (Phi) is 12.7. The Morgan fingerprint density at radius 1 is 0.840 bits per heavy atom. The van der Waals surface area contributed by atoms with Gasteiger partial charge in [-0.2, -0.15) is 0 Å². The van der Waals surface area contributed by atoms with Crippen molar-refractivity contribution in [2.24, 2.45) is 7.05 Å². The van der Waals surface area contributed by atoms with Gasteiger partial charge in [0.05, 0.1) is 13.6 Å². The zero-order valence-corrected chi connectivity index (χ0v) is 16.6. The molecule has 0 unspecified atom stereocenters. The Hall–Kier alpha value is -1.02. The maximum Gasteiger partial charge on any atom is 0.253 e. The molecule has 1 aromatic heterocycles. The highest BCUT2D eigenvalue weighted by Gasteiger charge is 2.17. The van der Waals surface area contributed by atoms with Crippen LogP contribution in [0.3, 0.4) is 0 Å². The Labute approximate surface area is 162 Å². The van der Waals surface area contributed by atoms with Crippen molar-refractivity contribution in [2.75, 3.05) is 0 Å². The molecule has 25 heavy (non-hydrogen) atoms. The van der Waals surface area contributed by atoms with Crippen LogP contribution >= 0.6 is 0 Å². The molecule has 0 fully saturated rings. The second-order valence-electron chi connectivity index (χ2n) is 6.93. The topological polar surface area (TPSA) is 8.81 Å². The fourth-order valence-electron chi connectivity index (χ4n) is 3.55. The molecule has 0 saturated heterocycles. The van der Waals surface area contributed by atoms with Crippen molar-refractivity contribution in [1.82, 2.24) is 4.57 Å². The van der Waals surface area contributed by atoms with E-state index in [2.05, 4.69) is 54.3 Å². The van der Waals surface area contributed by atoms with Crippen LogP contribution in [-0.4, -0.2) is 4.57 Å². The highest BCUT2D eigenvalue weighted by molar-refractivity contribution is 5.72. The molecule has 0 radical (unpaired) electrons. The van der Waals surface area contributed by atoms with Crippen LogP contribution in [0.15, 0.2) is 24.3 Å². The van der Waals surface area contributed by atoms with Crippen molar-refractivity contribution in [1.29, 1.82) is 0 Å².